The van der Waals surface area contributed by atoms with Gasteiger partial charge < -0.3 is 30.5 Å². The zero-order chi connectivity index (χ0) is 42.3. The van der Waals surface area contributed by atoms with E-state index in [-0.39, 0.29) is 40.9 Å². The molecule has 10 atom stereocenters. The smallest absolute Gasteiger partial charge is 0.472 e. The number of aromatic amines is 1. The normalized spacial score (nSPS) is 30.9. The molecule has 26 heteroatoms. The highest BCUT2D eigenvalue weighted by atomic mass is 32.7. The van der Waals surface area contributed by atoms with E-state index < -0.39 is 88.3 Å². The number of phosphoric ester groups is 1. The number of alkyl halides is 2. The molecule has 0 radical (unpaired) electrons. The van der Waals surface area contributed by atoms with Crippen LogP contribution in [0.5, 0.6) is 5.75 Å². The first-order valence-corrected chi connectivity index (χ1v) is 22.5. The molecule has 21 nitrogen and oxygen atoms in total. The van der Waals surface area contributed by atoms with E-state index in [2.05, 4.69) is 20.3 Å². The SMILES string of the molecule is Nc1ncnc2c1ncn2[C@@H]1O[C@@H]2COP(=O)(SCc3ccc(CNC(=O)c4ccc(O)cc4)cc3)O[C@@H]3[C@H](F)[C@@H](COP(=O)(O)O[C@@H]1[C@@H]2F)O[C@H]3n1ccc(=O)[nH]c1=O. The van der Waals surface area contributed by atoms with Gasteiger partial charge in [-0.1, -0.05) is 24.3 Å². The van der Waals surface area contributed by atoms with Crippen LogP contribution in [-0.2, 0) is 49.0 Å². The Bertz CT molecular complexity index is 2600. The van der Waals surface area contributed by atoms with Gasteiger partial charge in [0.2, 0.25) is 0 Å². The summed E-state index contributed by atoms with van der Waals surface area (Å²) in [6, 6.07) is 13.4. The van der Waals surface area contributed by atoms with Crippen molar-refractivity contribution in [1.82, 2.24) is 34.4 Å². The summed E-state index contributed by atoms with van der Waals surface area (Å²) < 4.78 is 96.6. The van der Waals surface area contributed by atoms with Gasteiger partial charge in [-0.3, -0.25) is 41.8 Å². The third-order valence-corrected chi connectivity index (χ3v) is 14.3. The molecule has 4 bridgehead atoms. The molecule has 3 aromatic heterocycles. The highest BCUT2D eigenvalue weighted by molar-refractivity contribution is 8.54. The minimum absolute atomic E-state index is 0.0152. The van der Waals surface area contributed by atoms with Crippen LogP contribution in [0.15, 0.2) is 83.0 Å². The number of phenols is 1. The highest BCUT2D eigenvalue weighted by Crippen LogP contribution is 2.65. The van der Waals surface area contributed by atoms with Crippen molar-refractivity contribution in [2.45, 2.75) is 61.5 Å². The Balaban J connectivity index is 1.07. The molecule has 1 amide bonds. The monoisotopic (exact) mass is 894 g/mol. The molecule has 6 heterocycles. The van der Waals surface area contributed by atoms with Gasteiger partial charge in [0.25, 0.3) is 11.5 Å². The number of aromatic nitrogens is 6. The number of fused-ring (bicyclic) bond motifs is 5. The van der Waals surface area contributed by atoms with E-state index in [0.717, 1.165) is 23.2 Å². The van der Waals surface area contributed by atoms with Crippen LogP contribution in [0.2, 0.25) is 0 Å². The lowest BCUT2D eigenvalue weighted by Gasteiger charge is -2.27. The van der Waals surface area contributed by atoms with Crippen molar-refractivity contribution in [3.05, 3.63) is 111 Å². The first-order chi connectivity index (χ1) is 28.7. The van der Waals surface area contributed by atoms with Gasteiger partial charge >= 0.3 is 20.3 Å². The molecule has 3 aliphatic rings. The quantitative estimate of drug-likeness (QED) is 0.140. The predicted octanol–water partition coefficient (Wildman–Crippen LogP) is 3.02. The minimum Gasteiger partial charge on any atom is -0.508 e. The second kappa shape index (κ2) is 16.9. The van der Waals surface area contributed by atoms with Crippen molar-refractivity contribution >= 4 is 48.9 Å². The summed E-state index contributed by atoms with van der Waals surface area (Å²) in [5, 5.41) is 12.3. The van der Waals surface area contributed by atoms with E-state index in [1.54, 1.807) is 24.3 Å². The maximum atomic E-state index is 16.4. The molecule has 318 valence electrons. The van der Waals surface area contributed by atoms with Crippen LogP contribution < -0.4 is 22.3 Å². The topological polar surface area (TPSA) is 284 Å². The number of nitrogen functional groups attached to an aromatic ring is 1. The van der Waals surface area contributed by atoms with E-state index in [9.17, 15) is 33.5 Å². The second-order valence-electron chi connectivity index (χ2n) is 13.6. The third-order valence-electron chi connectivity index (χ3n) is 9.61. The molecule has 3 fully saturated rings. The number of hydrogen-bond donors (Lipinski definition) is 5. The molecule has 0 spiro atoms. The van der Waals surface area contributed by atoms with E-state index in [4.69, 9.17) is 33.3 Å². The molecule has 3 saturated heterocycles. The third kappa shape index (κ3) is 8.79. The summed E-state index contributed by atoms with van der Waals surface area (Å²) in [5.74, 6) is -0.475. The number of nitrogens with two attached hydrogens (primary N) is 1. The standard InChI is InChI=1S/C34H34F2N8O13P2S/c35-24-22-13-53-59(51,60-14-18-3-1-17(2-4-18)11-38-31(47)19-5-7-20(45)8-6-19)57-28-25(36)21(54-32(28)43-10-9-23(46)42-34(43)48)12-52-58(49,50)56-27(24)33(55-22)44-16-41-26-29(37)39-15-40-30(26)44/h1-10,15-16,21-22,24-25,27-28,32-33,45H,11-14H2,(H,38,47)(H,49,50)(H2,37,39,40)(H,42,46,48)/t21-,22-,24-,25-,27-,28-,32-,33-,59?/m1/s1. The number of H-pyrrole nitrogens is 1. The molecule has 2 aromatic carbocycles. The largest absolute Gasteiger partial charge is 0.508 e. The Labute approximate surface area is 340 Å². The number of amides is 1. The molecule has 3 aliphatic heterocycles. The fraction of sp³-hybridized carbons (Fsp3) is 0.353. The molecule has 60 heavy (non-hydrogen) atoms. The number of carbonyl (C=O) groups is 1. The number of nitrogens with zero attached hydrogens (tertiary/aromatic N) is 5. The zero-order valence-corrected chi connectivity index (χ0v) is 33.2. The lowest BCUT2D eigenvalue weighted by atomic mass is 10.1. The summed E-state index contributed by atoms with van der Waals surface area (Å²) in [7, 11) is -5.26. The van der Waals surface area contributed by atoms with Crippen LogP contribution in [0.25, 0.3) is 11.2 Å². The van der Waals surface area contributed by atoms with Gasteiger partial charge in [-0.25, -0.2) is 37.7 Å². The number of imidazole rings is 1. The first-order valence-electron chi connectivity index (χ1n) is 17.9. The molecule has 0 aliphatic carbocycles. The second-order valence-corrected chi connectivity index (χ2v) is 19.0. The number of rotatable bonds is 8. The fourth-order valence-electron chi connectivity index (χ4n) is 6.58. The number of carbonyl (C=O) groups excluding carboxylic acids is 1. The van der Waals surface area contributed by atoms with Crippen molar-refractivity contribution in [3.8, 4) is 5.75 Å². The number of phenolic OH excluding ortho intramolecular Hbond substituents is 1. The number of phosphoric acid groups is 1. The number of aromatic hydroxyl groups is 1. The van der Waals surface area contributed by atoms with Crippen LogP contribution in [-0.4, -0.2) is 95.0 Å². The Morgan fingerprint density at radius 2 is 1.55 bits per heavy atom. The molecule has 2 unspecified atom stereocenters. The molecular formula is C34H34F2N8O13P2S. The Hall–Kier alpha value is -4.87. The maximum absolute atomic E-state index is 16.4. The van der Waals surface area contributed by atoms with Crippen LogP contribution in [0.3, 0.4) is 0 Å². The summed E-state index contributed by atoms with van der Waals surface area (Å²) in [6.07, 6.45) is -11.9. The van der Waals surface area contributed by atoms with Crippen molar-refractivity contribution in [1.29, 1.82) is 0 Å². The number of benzene rings is 2. The lowest BCUT2D eigenvalue weighted by Crippen LogP contribution is -2.38. The van der Waals surface area contributed by atoms with Crippen LogP contribution in [0.4, 0.5) is 14.6 Å². The van der Waals surface area contributed by atoms with E-state index >= 15 is 8.78 Å². The number of halogens is 2. The van der Waals surface area contributed by atoms with Gasteiger partial charge in [0.1, 0.15) is 42.0 Å². The maximum Gasteiger partial charge on any atom is 0.472 e. The van der Waals surface area contributed by atoms with Crippen LogP contribution in [0.1, 0.15) is 33.9 Å². The summed E-state index contributed by atoms with van der Waals surface area (Å²) in [4.78, 5) is 62.1. The van der Waals surface area contributed by atoms with E-state index in [1.807, 2.05) is 4.98 Å². The number of nitrogens with one attached hydrogen (secondary N) is 2. The summed E-state index contributed by atoms with van der Waals surface area (Å²) in [5.41, 5.74) is 5.83. The fourth-order valence-corrected chi connectivity index (χ4v) is 10.9. The lowest BCUT2D eigenvalue weighted by molar-refractivity contribution is -0.0648. The molecule has 6 N–H and O–H groups in total. The van der Waals surface area contributed by atoms with Gasteiger partial charge in [0.15, 0.2) is 36.3 Å². The Morgan fingerprint density at radius 1 is 0.900 bits per heavy atom. The van der Waals surface area contributed by atoms with Crippen molar-refractivity contribution in [3.63, 3.8) is 0 Å². The van der Waals surface area contributed by atoms with Gasteiger partial charge in [-0.15, -0.1) is 0 Å². The van der Waals surface area contributed by atoms with Crippen molar-refractivity contribution < 1.29 is 60.3 Å². The molecule has 8 rings (SSSR count). The van der Waals surface area contributed by atoms with Gasteiger partial charge in [0.05, 0.1) is 19.5 Å². The van der Waals surface area contributed by atoms with Gasteiger partial charge in [-0.2, -0.15) is 0 Å². The van der Waals surface area contributed by atoms with Gasteiger partial charge in [0, 0.05) is 30.1 Å². The zero-order valence-electron chi connectivity index (χ0n) is 30.6. The Morgan fingerprint density at radius 3 is 2.25 bits per heavy atom. The predicted molar refractivity (Wildman–Crippen MR) is 205 cm³/mol. The average molecular weight is 895 g/mol. The average Bonchev–Trinajstić information content (AvgIpc) is 3.88. The van der Waals surface area contributed by atoms with Crippen molar-refractivity contribution in [2.24, 2.45) is 0 Å². The van der Waals surface area contributed by atoms with Crippen LogP contribution >= 0.6 is 26.0 Å². The first kappa shape index (κ1) is 41.8. The van der Waals surface area contributed by atoms with Gasteiger partial charge in [-0.05, 0) is 46.8 Å². The Kier molecular flexibility index (Phi) is 11.8. The number of anilines is 1. The summed E-state index contributed by atoms with van der Waals surface area (Å²) >= 11 is 0.590. The van der Waals surface area contributed by atoms with Crippen LogP contribution in [0, 0.1) is 0 Å². The van der Waals surface area contributed by atoms with Crippen molar-refractivity contribution in [2.75, 3.05) is 18.9 Å². The van der Waals surface area contributed by atoms with E-state index in [1.165, 1.54) is 35.2 Å². The van der Waals surface area contributed by atoms with E-state index in [0.29, 0.717) is 28.1 Å². The molecular weight excluding hydrogens is 860 g/mol. The number of ether oxygens (including phenoxy) is 2. The summed E-state index contributed by atoms with van der Waals surface area (Å²) in [6.45, 7) is -6.38. The highest BCUT2D eigenvalue weighted by Gasteiger charge is 2.55. The minimum atomic E-state index is -5.26. The number of hydrogen-bond acceptors (Lipinski definition) is 17. The molecule has 5 aromatic rings. The molecule has 0 saturated carbocycles.